The van der Waals surface area contributed by atoms with Crippen LogP contribution in [-0.2, 0) is 25.6 Å². The molecule has 0 aromatic heterocycles. The molecule has 6 rings (SSSR count). The molecule has 7 nitrogen and oxygen atoms in total. The first-order valence-corrected chi connectivity index (χ1v) is 12.6. The Hall–Kier alpha value is -3.74. The Morgan fingerprint density at radius 1 is 0.972 bits per heavy atom. The highest BCUT2D eigenvalue weighted by Gasteiger charge is 2.59. The van der Waals surface area contributed by atoms with Crippen molar-refractivity contribution in [2.24, 2.45) is 29.6 Å². The van der Waals surface area contributed by atoms with Gasteiger partial charge in [0.25, 0.3) is 0 Å². The van der Waals surface area contributed by atoms with E-state index in [0.29, 0.717) is 17.0 Å². The number of hydrogen-bond acceptors (Lipinski definition) is 5. The maximum absolute atomic E-state index is 13.2. The zero-order valence-corrected chi connectivity index (χ0v) is 20.3. The molecule has 0 radical (unpaired) electrons. The van der Waals surface area contributed by atoms with E-state index in [2.05, 4.69) is 12.2 Å². The monoisotopic (exact) mass is 484 g/mol. The Morgan fingerprint density at radius 3 is 2.33 bits per heavy atom. The van der Waals surface area contributed by atoms with E-state index >= 15 is 0 Å². The van der Waals surface area contributed by atoms with Crippen LogP contribution in [-0.4, -0.2) is 30.2 Å². The van der Waals surface area contributed by atoms with Gasteiger partial charge in [-0.15, -0.1) is 0 Å². The molecule has 3 amide bonds. The molecule has 2 aliphatic carbocycles. The molecule has 1 saturated carbocycles. The van der Waals surface area contributed by atoms with Gasteiger partial charge in [-0.2, -0.15) is 0 Å². The van der Waals surface area contributed by atoms with E-state index in [4.69, 9.17) is 4.74 Å². The highest BCUT2D eigenvalue weighted by Crippen LogP contribution is 2.53. The van der Waals surface area contributed by atoms with Gasteiger partial charge < -0.3 is 9.64 Å². The number of benzene rings is 2. The molecule has 0 unspecified atom stereocenters. The molecule has 2 heterocycles. The predicted octanol–water partition coefficient (Wildman–Crippen LogP) is 3.83. The molecule has 36 heavy (non-hydrogen) atoms. The van der Waals surface area contributed by atoms with Crippen molar-refractivity contribution in [2.45, 2.75) is 33.1 Å². The first kappa shape index (κ1) is 22.7. The zero-order valence-electron chi connectivity index (χ0n) is 20.3. The van der Waals surface area contributed by atoms with Gasteiger partial charge >= 0.3 is 5.97 Å². The number of allylic oxidation sites excluding steroid dienone is 2. The molecule has 0 N–H and O–H groups in total. The van der Waals surface area contributed by atoms with Crippen LogP contribution >= 0.6 is 0 Å². The fourth-order valence-corrected chi connectivity index (χ4v) is 6.45. The van der Waals surface area contributed by atoms with E-state index in [9.17, 15) is 19.2 Å². The molecule has 2 saturated heterocycles. The molecule has 2 aromatic carbocycles. The van der Waals surface area contributed by atoms with E-state index < -0.39 is 11.9 Å². The lowest BCUT2D eigenvalue weighted by Gasteiger charge is -2.20. The Balaban J connectivity index is 1.16. The van der Waals surface area contributed by atoms with Crippen molar-refractivity contribution in [3.8, 4) is 5.75 Å². The summed E-state index contributed by atoms with van der Waals surface area (Å²) in [6, 6.07) is 12.7. The third-order valence-electron chi connectivity index (χ3n) is 8.22. The fourth-order valence-electron chi connectivity index (χ4n) is 6.45. The van der Waals surface area contributed by atoms with Gasteiger partial charge in [0.15, 0.2) is 0 Å². The number of anilines is 2. The largest absolute Gasteiger partial charge is 0.426 e. The summed E-state index contributed by atoms with van der Waals surface area (Å²) in [5.41, 5.74) is 3.12. The predicted molar refractivity (Wildman–Crippen MR) is 133 cm³/mol. The molecule has 2 aliphatic heterocycles. The number of nitrogens with zero attached hydrogens (tertiary/aromatic N) is 2. The summed E-state index contributed by atoms with van der Waals surface area (Å²) < 4.78 is 5.64. The molecule has 3 fully saturated rings. The summed E-state index contributed by atoms with van der Waals surface area (Å²) in [5.74, 6) is -1.26. The molecule has 4 aliphatic rings. The highest BCUT2D eigenvalue weighted by atomic mass is 16.5. The average Bonchev–Trinajstić information content (AvgIpc) is 3.63. The molecule has 184 valence electrons. The minimum absolute atomic E-state index is 0.0931. The van der Waals surface area contributed by atoms with Crippen molar-refractivity contribution in [2.75, 3.05) is 16.3 Å². The van der Waals surface area contributed by atoms with Gasteiger partial charge in [0.05, 0.1) is 23.4 Å². The van der Waals surface area contributed by atoms with E-state index in [1.165, 1.54) is 4.90 Å². The second kappa shape index (κ2) is 8.43. The highest BCUT2D eigenvalue weighted by molar-refractivity contribution is 6.23. The number of ether oxygens (including phenoxy) is 1. The maximum Gasteiger partial charge on any atom is 0.316 e. The molecule has 5 atom stereocenters. The van der Waals surface area contributed by atoms with Crippen LogP contribution in [0.5, 0.6) is 5.75 Å². The van der Waals surface area contributed by atoms with Gasteiger partial charge in [0, 0.05) is 18.7 Å². The van der Waals surface area contributed by atoms with Crippen LogP contribution in [0.2, 0.25) is 0 Å². The number of para-hydroxylation sites is 1. The summed E-state index contributed by atoms with van der Waals surface area (Å²) in [4.78, 5) is 54.9. The quantitative estimate of drug-likeness (QED) is 0.279. The molecule has 2 aromatic rings. The standard InChI is InChI=1S/C29H28N2O5/c1-3-17-6-4-5-7-23(17)30-15-20(14-24(30)32)29(35)36-21-10-11-22(16(2)12-21)31-27(33)25-18-8-9-19(13-18)26(25)28(31)34/h4-12,18-20,25-26H,3,13-15H2,1-2H3/t18-,19-,20+,25+,26+/m0/s1. The summed E-state index contributed by atoms with van der Waals surface area (Å²) in [6.07, 6.45) is 5.93. The molecule has 0 spiro atoms. The van der Waals surface area contributed by atoms with Crippen LogP contribution in [0.4, 0.5) is 11.4 Å². The van der Waals surface area contributed by atoms with Crippen LogP contribution in [0, 0.1) is 36.5 Å². The number of amides is 3. The second-order valence-electron chi connectivity index (χ2n) is 10.3. The molecular formula is C29H28N2O5. The van der Waals surface area contributed by atoms with Gasteiger partial charge in [0.2, 0.25) is 17.7 Å². The van der Waals surface area contributed by atoms with Crippen molar-refractivity contribution in [3.05, 3.63) is 65.7 Å². The van der Waals surface area contributed by atoms with E-state index in [1.807, 2.05) is 31.2 Å². The van der Waals surface area contributed by atoms with Crippen LogP contribution in [0.25, 0.3) is 0 Å². The number of carbonyl (C=O) groups is 4. The van der Waals surface area contributed by atoms with Crippen molar-refractivity contribution < 1.29 is 23.9 Å². The molecular weight excluding hydrogens is 456 g/mol. The number of aryl methyl sites for hydroxylation is 2. The summed E-state index contributed by atoms with van der Waals surface area (Å²) >= 11 is 0. The van der Waals surface area contributed by atoms with E-state index in [-0.39, 0.29) is 54.4 Å². The first-order valence-electron chi connectivity index (χ1n) is 12.6. The number of esters is 1. The summed E-state index contributed by atoms with van der Waals surface area (Å²) in [5, 5.41) is 0. The number of imide groups is 1. The lowest BCUT2D eigenvalue weighted by atomic mass is 9.85. The van der Waals surface area contributed by atoms with Gasteiger partial charge in [-0.05, 0) is 67.0 Å². The normalized spacial score (nSPS) is 28.4. The Kier molecular flexibility index (Phi) is 5.32. The lowest BCUT2D eigenvalue weighted by molar-refractivity contribution is -0.139. The van der Waals surface area contributed by atoms with Crippen LogP contribution < -0.4 is 14.5 Å². The summed E-state index contributed by atoms with van der Waals surface area (Å²) in [6.45, 7) is 4.12. The van der Waals surface area contributed by atoms with Gasteiger partial charge in [-0.3, -0.25) is 19.2 Å². The van der Waals surface area contributed by atoms with E-state index in [1.54, 1.807) is 30.0 Å². The van der Waals surface area contributed by atoms with Gasteiger partial charge in [0.1, 0.15) is 5.75 Å². The van der Waals surface area contributed by atoms with E-state index in [0.717, 1.165) is 24.1 Å². The number of fused-ring (bicyclic) bond motifs is 5. The maximum atomic E-state index is 13.2. The third-order valence-corrected chi connectivity index (χ3v) is 8.22. The minimum atomic E-state index is -0.563. The van der Waals surface area contributed by atoms with Crippen LogP contribution in [0.15, 0.2) is 54.6 Å². The molecule has 7 heteroatoms. The second-order valence-corrected chi connectivity index (χ2v) is 10.3. The van der Waals surface area contributed by atoms with Crippen molar-refractivity contribution in [3.63, 3.8) is 0 Å². The number of carbonyl (C=O) groups excluding carboxylic acids is 4. The van der Waals surface area contributed by atoms with Crippen LogP contribution in [0.3, 0.4) is 0 Å². The minimum Gasteiger partial charge on any atom is -0.426 e. The third kappa shape index (κ3) is 3.40. The van der Waals surface area contributed by atoms with Gasteiger partial charge in [-0.1, -0.05) is 37.3 Å². The van der Waals surface area contributed by atoms with Crippen molar-refractivity contribution in [1.82, 2.24) is 0 Å². The average molecular weight is 485 g/mol. The Morgan fingerprint density at radius 2 is 1.67 bits per heavy atom. The number of hydrogen-bond donors (Lipinski definition) is 0. The topological polar surface area (TPSA) is 84.0 Å². The Bertz CT molecular complexity index is 1300. The zero-order chi connectivity index (χ0) is 25.1. The first-order chi connectivity index (χ1) is 17.4. The summed E-state index contributed by atoms with van der Waals surface area (Å²) in [7, 11) is 0. The smallest absolute Gasteiger partial charge is 0.316 e. The number of rotatable bonds is 5. The van der Waals surface area contributed by atoms with Crippen molar-refractivity contribution in [1.29, 1.82) is 0 Å². The molecule has 2 bridgehead atoms. The fraction of sp³-hybridized carbons (Fsp3) is 0.379. The van der Waals surface area contributed by atoms with Crippen molar-refractivity contribution >= 4 is 35.1 Å². The van der Waals surface area contributed by atoms with Crippen LogP contribution in [0.1, 0.15) is 30.9 Å². The Labute approximate surface area is 209 Å². The lowest BCUT2D eigenvalue weighted by Crippen LogP contribution is -2.33. The SMILES string of the molecule is CCc1ccccc1N1C[C@H](C(=O)Oc2ccc(N3C(=O)[C@H]4[C@H](C3=O)[C@H]3C=C[C@H]4C3)c(C)c2)CC1=O. The van der Waals surface area contributed by atoms with Gasteiger partial charge in [-0.25, -0.2) is 4.90 Å².